The lowest BCUT2D eigenvalue weighted by atomic mass is 10.2. The Hall–Kier alpha value is -1.43. The van der Waals surface area contributed by atoms with Crippen molar-refractivity contribution in [2.75, 3.05) is 26.2 Å². The first-order chi connectivity index (χ1) is 8.96. The molecular formula is C11H17N5O2S. The summed E-state index contributed by atoms with van der Waals surface area (Å²) in [6, 6.07) is 3.49. The molecule has 1 saturated heterocycles. The molecule has 0 bridgehead atoms. The molecule has 1 aliphatic rings. The van der Waals surface area contributed by atoms with Gasteiger partial charge in [0.15, 0.2) is 5.03 Å². The summed E-state index contributed by atoms with van der Waals surface area (Å²) in [6.45, 7) is 3.78. The highest BCUT2D eigenvalue weighted by molar-refractivity contribution is 7.89. The maximum atomic E-state index is 12.4. The zero-order chi connectivity index (χ0) is 14.0. The molecule has 1 unspecified atom stereocenters. The lowest BCUT2D eigenvalue weighted by Crippen LogP contribution is -2.51. The van der Waals surface area contributed by atoms with E-state index >= 15 is 0 Å². The molecule has 1 aliphatic heterocycles. The smallest absolute Gasteiger partial charge is 0.260 e. The van der Waals surface area contributed by atoms with Crippen LogP contribution in [0.3, 0.4) is 0 Å². The summed E-state index contributed by atoms with van der Waals surface area (Å²) in [5.74, 6) is 0. The van der Waals surface area contributed by atoms with E-state index in [0.717, 1.165) is 0 Å². The zero-order valence-corrected chi connectivity index (χ0v) is 11.8. The minimum Gasteiger partial charge on any atom is -0.286 e. The predicted molar refractivity (Wildman–Crippen MR) is 68.6 cm³/mol. The van der Waals surface area contributed by atoms with Crippen molar-refractivity contribution < 1.29 is 8.42 Å². The van der Waals surface area contributed by atoms with E-state index < -0.39 is 10.0 Å². The van der Waals surface area contributed by atoms with Crippen LogP contribution >= 0.6 is 0 Å². The van der Waals surface area contributed by atoms with Crippen molar-refractivity contribution in [2.24, 2.45) is 7.05 Å². The number of aryl methyl sites for hydroxylation is 1. The highest BCUT2D eigenvalue weighted by Crippen LogP contribution is 2.17. The van der Waals surface area contributed by atoms with Crippen molar-refractivity contribution in [3.63, 3.8) is 0 Å². The first-order valence-electron chi connectivity index (χ1n) is 6.08. The maximum Gasteiger partial charge on any atom is 0.260 e. The Kier molecular flexibility index (Phi) is 3.89. The Morgan fingerprint density at radius 3 is 2.47 bits per heavy atom. The Morgan fingerprint density at radius 1 is 1.37 bits per heavy atom. The van der Waals surface area contributed by atoms with Gasteiger partial charge in [-0.2, -0.15) is 14.7 Å². The fourth-order valence-electron chi connectivity index (χ4n) is 2.16. The van der Waals surface area contributed by atoms with Gasteiger partial charge in [0.25, 0.3) is 10.0 Å². The van der Waals surface area contributed by atoms with Gasteiger partial charge in [0.1, 0.15) is 0 Å². The van der Waals surface area contributed by atoms with Gasteiger partial charge in [0, 0.05) is 33.2 Å². The van der Waals surface area contributed by atoms with Crippen LogP contribution in [0.4, 0.5) is 0 Å². The Bertz CT molecular complexity index is 580. The summed E-state index contributed by atoms with van der Waals surface area (Å²) in [5, 5.41) is 13.0. The van der Waals surface area contributed by atoms with E-state index in [1.807, 2.05) is 11.8 Å². The van der Waals surface area contributed by atoms with Gasteiger partial charge in [0.05, 0.1) is 18.3 Å². The highest BCUT2D eigenvalue weighted by Gasteiger charge is 2.31. The van der Waals surface area contributed by atoms with Crippen LogP contribution < -0.4 is 0 Å². The molecule has 8 heteroatoms. The topological polar surface area (TPSA) is 82.2 Å². The summed E-state index contributed by atoms with van der Waals surface area (Å²) >= 11 is 0. The second kappa shape index (κ2) is 5.28. The number of hydrogen-bond donors (Lipinski definition) is 0. The number of nitrogens with zero attached hydrogens (tertiary/aromatic N) is 5. The molecule has 0 radical (unpaired) electrons. The molecular weight excluding hydrogens is 266 g/mol. The van der Waals surface area contributed by atoms with Crippen LogP contribution in [0.5, 0.6) is 0 Å². The van der Waals surface area contributed by atoms with Crippen molar-refractivity contribution in [3.8, 4) is 6.07 Å². The molecule has 0 amide bonds. The van der Waals surface area contributed by atoms with Crippen LogP contribution in [0.15, 0.2) is 17.3 Å². The molecule has 2 heterocycles. The van der Waals surface area contributed by atoms with Crippen molar-refractivity contribution >= 4 is 10.0 Å². The van der Waals surface area contributed by atoms with E-state index in [1.165, 1.54) is 21.3 Å². The van der Waals surface area contributed by atoms with Crippen molar-refractivity contribution in [1.29, 1.82) is 5.26 Å². The molecule has 0 aromatic carbocycles. The van der Waals surface area contributed by atoms with Gasteiger partial charge in [-0.1, -0.05) is 0 Å². The molecule has 0 N–H and O–H groups in total. The normalized spacial score (nSPS) is 20.1. The number of piperazine rings is 1. The highest BCUT2D eigenvalue weighted by atomic mass is 32.2. The van der Waals surface area contributed by atoms with Gasteiger partial charge in [0.2, 0.25) is 0 Å². The fraction of sp³-hybridized carbons (Fsp3) is 0.636. The molecule has 0 aliphatic carbocycles. The first kappa shape index (κ1) is 14.0. The molecule has 104 valence electrons. The Balaban J connectivity index is 2.10. The van der Waals surface area contributed by atoms with E-state index in [2.05, 4.69) is 11.2 Å². The summed E-state index contributed by atoms with van der Waals surface area (Å²) in [5.41, 5.74) is 0. The average Bonchev–Trinajstić information content (AvgIpc) is 2.85. The molecule has 0 saturated carbocycles. The SMILES string of the molecule is CC(C#N)N1CCN(S(=O)(=O)c2ccnn2C)CC1. The van der Waals surface area contributed by atoms with Gasteiger partial charge >= 0.3 is 0 Å². The quantitative estimate of drug-likeness (QED) is 0.756. The molecule has 2 rings (SSSR count). The van der Waals surface area contributed by atoms with Crippen LogP contribution in [0.2, 0.25) is 0 Å². The van der Waals surface area contributed by atoms with Crippen LogP contribution in [-0.2, 0) is 17.1 Å². The van der Waals surface area contributed by atoms with E-state index in [1.54, 1.807) is 7.05 Å². The first-order valence-corrected chi connectivity index (χ1v) is 7.52. The molecule has 7 nitrogen and oxygen atoms in total. The maximum absolute atomic E-state index is 12.4. The predicted octanol–water partition coefficient (Wildman–Crippen LogP) is -0.362. The monoisotopic (exact) mass is 283 g/mol. The van der Waals surface area contributed by atoms with Crippen LogP contribution in [0.25, 0.3) is 0 Å². The molecule has 0 spiro atoms. The molecule has 1 aromatic rings. The largest absolute Gasteiger partial charge is 0.286 e. The van der Waals surface area contributed by atoms with Gasteiger partial charge in [-0.05, 0) is 13.0 Å². The summed E-state index contributed by atoms with van der Waals surface area (Å²) in [7, 11) is -1.87. The molecule has 19 heavy (non-hydrogen) atoms. The van der Waals surface area contributed by atoms with E-state index in [9.17, 15) is 8.42 Å². The van der Waals surface area contributed by atoms with Gasteiger partial charge < -0.3 is 0 Å². The molecule has 1 fully saturated rings. The number of aromatic nitrogens is 2. The third kappa shape index (κ3) is 2.63. The Morgan fingerprint density at radius 2 is 2.00 bits per heavy atom. The van der Waals surface area contributed by atoms with Crippen molar-refractivity contribution in [1.82, 2.24) is 19.0 Å². The zero-order valence-electron chi connectivity index (χ0n) is 11.0. The summed E-state index contributed by atoms with van der Waals surface area (Å²) in [4.78, 5) is 1.98. The lowest BCUT2D eigenvalue weighted by molar-refractivity contribution is 0.169. The Labute approximate surface area is 113 Å². The van der Waals surface area contributed by atoms with E-state index in [4.69, 9.17) is 5.26 Å². The number of hydrogen-bond acceptors (Lipinski definition) is 5. The standard InChI is InChI=1S/C11H17N5O2S/c1-10(9-12)15-5-7-16(8-6-15)19(17,18)11-3-4-13-14(11)2/h3-4,10H,5-8H2,1-2H3. The molecule has 1 aromatic heterocycles. The van der Waals surface area contributed by atoms with E-state index in [-0.39, 0.29) is 11.1 Å². The van der Waals surface area contributed by atoms with Gasteiger partial charge in [-0.25, -0.2) is 8.42 Å². The number of nitriles is 1. The van der Waals surface area contributed by atoms with Crippen LogP contribution in [0.1, 0.15) is 6.92 Å². The van der Waals surface area contributed by atoms with Gasteiger partial charge in [-0.3, -0.25) is 9.58 Å². The number of sulfonamides is 1. The van der Waals surface area contributed by atoms with E-state index in [0.29, 0.717) is 26.2 Å². The van der Waals surface area contributed by atoms with Crippen molar-refractivity contribution in [2.45, 2.75) is 18.0 Å². The van der Waals surface area contributed by atoms with Crippen LogP contribution in [-0.4, -0.2) is 59.6 Å². The summed E-state index contributed by atoms with van der Waals surface area (Å²) in [6.07, 6.45) is 1.47. The average molecular weight is 283 g/mol. The summed E-state index contributed by atoms with van der Waals surface area (Å²) < 4.78 is 27.6. The second-order valence-electron chi connectivity index (χ2n) is 4.54. The van der Waals surface area contributed by atoms with Crippen molar-refractivity contribution in [3.05, 3.63) is 12.3 Å². The van der Waals surface area contributed by atoms with Crippen LogP contribution in [0, 0.1) is 11.3 Å². The second-order valence-corrected chi connectivity index (χ2v) is 6.42. The number of rotatable bonds is 3. The minimum absolute atomic E-state index is 0.179. The third-order valence-electron chi connectivity index (χ3n) is 3.39. The van der Waals surface area contributed by atoms with Gasteiger partial charge in [-0.15, -0.1) is 0 Å². The third-order valence-corrected chi connectivity index (χ3v) is 5.36. The molecule has 1 atom stereocenters. The fourth-order valence-corrected chi connectivity index (χ4v) is 3.68. The lowest BCUT2D eigenvalue weighted by Gasteiger charge is -2.34. The minimum atomic E-state index is -3.48.